The second-order valence-corrected chi connectivity index (χ2v) is 6.55. The van der Waals surface area contributed by atoms with Gasteiger partial charge in [-0.1, -0.05) is 104 Å². The third-order valence-corrected chi connectivity index (χ3v) is 4.81. The third kappa shape index (κ3) is 3.21. The molecule has 0 nitrogen and oxygen atoms in total. The number of benzene rings is 4. The van der Waals surface area contributed by atoms with Gasteiger partial charge in [-0.05, 0) is 45.0 Å². The van der Waals surface area contributed by atoms with Crippen LogP contribution in [0.5, 0.6) is 0 Å². The molecule has 4 aromatic rings. The second-order valence-electron chi connectivity index (χ2n) is 6.55. The van der Waals surface area contributed by atoms with E-state index in [9.17, 15) is 0 Å². The molecule has 4 aromatic carbocycles. The Bertz CT molecular complexity index is 971. The standard InChI is InChI=1S/C25H22/c1-2-6-19-11-13-20(14-12-19)21-15-17-23(18-16-21)25-10-5-8-22-7-3-4-9-24(22)25/h3-5,7-18H,2,6H2,1H3. The molecule has 122 valence electrons. The van der Waals surface area contributed by atoms with Gasteiger partial charge in [0.05, 0.1) is 0 Å². The smallest absolute Gasteiger partial charge is 0.0105 e. The molecule has 0 unspecified atom stereocenters. The zero-order valence-electron chi connectivity index (χ0n) is 14.6. The van der Waals surface area contributed by atoms with Crippen molar-refractivity contribution in [2.24, 2.45) is 0 Å². The molecule has 0 N–H and O–H groups in total. The maximum absolute atomic E-state index is 2.25. The zero-order valence-corrected chi connectivity index (χ0v) is 14.6. The molecule has 0 aliphatic rings. The van der Waals surface area contributed by atoms with Gasteiger partial charge in [0.2, 0.25) is 0 Å². The van der Waals surface area contributed by atoms with Gasteiger partial charge in [-0.3, -0.25) is 0 Å². The maximum atomic E-state index is 2.25. The number of hydrogen-bond acceptors (Lipinski definition) is 0. The predicted octanol–water partition coefficient (Wildman–Crippen LogP) is 7.13. The Kier molecular flexibility index (Phi) is 4.35. The van der Waals surface area contributed by atoms with Crippen LogP contribution in [0.2, 0.25) is 0 Å². The van der Waals surface area contributed by atoms with Crippen LogP contribution >= 0.6 is 0 Å². The fourth-order valence-corrected chi connectivity index (χ4v) is 3.47. The molecule has 0 saturated heterocycles. The van der Waals surface area contributed by atoms with Crippen molar-refractivity contribution in [1.29, 1.82) is 0 Å². The monoisotopic (exact) mass is 322 g/mol. The number of rotatable bonds is 4. The quantitative estimate of drug-likeness (QED) is 0.375. The first-order chi connectivity index (χ1) is 12.3. The molecule has 0 heteroatoms. The Balaban J connectivity index is 1.67. The highest BCUT2D eigenvalue weighted by atomic mass is 14.1. The summed E-state index contributed by atoms with van der Waals surface area (Å²) in [5, 5.41) is 2.59. The summed E-state index contributed by atoms with van der Waals surface area (Å²) in [4.78, 5) is 0. The van der Waals surface area contributed by atoms with Gasteiger partial charge in [-0.25, -0.2) is 0 Å². The summed E-state index contributed by atoms with van der Waals surface area (Å²) in [5.41, 5.74) is 6.53. The Morgan fingerprint density at radius 1 is 0.560 bits per heavy atom. The van der Waals surface area contributed by atoms with Crippen molar-refractivity contribution in [3.8, 4) is 22.3 Å². The lowest BCUT2D eigenvalue weighted by atomic mass is 9.96. The molecule has 0 heterocycles. The lowest BCUT2D eigenvalue weighted by Crippen LogP contribution is -1.85. The van der Waals surface area contributed by atoms with Crippen LogP contribution in [-0.4, -0.2) is 0 Å². The van der Waals surface area contributed by atoms with Gasteiger partial charge < -0.3 is 0 Å². The van der Waals surface area contributed by atoms with Crippen LogP contribution in [-0.2, 0) is 6.42 Å². The SMILES string of the molecule is CCCc1ccc(-c2ccc(-c3cccc4ccccc34)cc2)cc1. The van der Waals surface area contributed by atoms with E-state index in [1.165, 1.54) is 45.0 Å². The van der Waals surface area contributed by atoms with E-state index in [0.29, 0.717) is 0 Å². The Hall–Kier alpha value is -2.86. The Morgan fingerprint density at radius 3 is 1.88 bits per heavy atom. The summed E-state index contributed by atoms with van der Waals surface area (Å²) in [5.74, 6) is 0. The van der Waals surface area contributed by atoms with E-state index in [2.05, 4.69) is 97.9 Å². The fraction of sp³-hybridized carbons (Fsp3) is 0.120. The van der Waals surface area contributed by atoms with Gasteiger partial charge in [-0.2, -0.15) is 0 Å². The minimum Gasteiger partial charge on any atom is -0.0651 e. The van der Waals surface area contributed by atoms with Gasteiger partial charge in [0.15, 0.2) is 0 Å². The lowest BCUT2D eigenvalue weighted by molar-refractivity contribution is 0.922. The van der Waals surface area contributed by atoms with Crippen LogP contribution in [0, 0.1) is 0 Å². The first-order valence-corrected chi connectivity index (χ1v) is 9.02. The highest BCUT2D eigenvalue weighted by molar-refractivity contribution is 5.96. The van der Waals surface area contributed by atoms with Crippen LogP contribution in [0.25, 0.3) is 33.0 Å². The Morgan fingerprint density at radius 2 is 1.16 bits per heavy atom. The molecule has 0 radical (unpaired) electrons. The molecular formula is C25H22. The first kappa shape index (κ1) is 15.7. The topological polar surface area (TPSA) is 0 Å². The van der Waals surface area contributed by atoms with Gasteiger partial charge in [-0.15, -0.1) is 0 Å². The number of aryl methyl sites for hydroxylation is 1. The van der Waals surface area contributed by atoms with Crippen molar-refractivity contribution >= 4 is 10.8 Å². The molecule has 0 aromatic heterocycles. The van der Waals surface area contributed by atoms with Crippen LogP contribution in [0.4, 0.5) is 0 Å². The van der Waals surface area contributed by atoms with Crippen molar-refractivity contribution in [1.82, 2.24) is 0 Å². The van der Waals surface area contributed by atoms with E-state index in [1.54, 1.807) is 0 Å². The summed E-state index contributed by atoms with van der Waals surface area (Å²) in [6.45, 7) is 2.22. The van der Waals surface area contributed by atoms with Crippen molar-refractivity contribution in [2.75, 3.05) is 0 Å². The average Bonchev–Trinajstić information content (AvgIpc) is 2.69. The summed E-state index contributed by atoms with van der Waals surface area (Å²) >= 11 is 0. The summed E-state index contributed by atoms with van der Waals surface area (Å²) in [6, 6.07) is 33.0. The molecule has 0 aliphatic heterocycles. The molecule has 0 fully saturated rings. The van der Waals surface area contributed by atoms with Crippen LogP contribution in [0.15, 0.2) is 91.0 Å². The third-order valence-electron chi connectivity index (χ3n) is 4.81. The summed E-state index contributed by atoms with van der Waals surface area (Å²) < 4.78 is 0. The van der Waals surface area contributed by atoms with Gasteiger partial charge >= 0.3 is 0 Å². The van der Waals surface area contributed by atoms with Crippen molar-refractivity contribution in [2.45, 2.75) is 19.8 Å². The molecule has 0 spiro atoms. The van der Waals surface area contributed by atoms with E-state index in [-0.39, 0.29) is 0 Å². The zero-order chi connectivity index (χ0) is 17.1. The van der Waals surface area contributed by atoms with Crippen molar-refractivity contribution < 1.29 is 0 Å². The normalized spacial score (nSPS) is 10.9. The van der Waals surface area contributed by atoms with Crippen LogP contribution in [0.1, 0.15) is 18.9 Å². The molecular weight excluding hydrogens is 300 g/mol. The van der Waals surface area contributed by atoms with Crippen LogP contribution in [0.3, 0.4) is 0 Å². The van der Waals surface area contributed by atoms with E-state index in [0.717, 1.165) is 6.42 Å². The fourth-order valence-electron chi connectivity index (χ4n) is 3.47. The highest BCUT2D eigenvalue weighted by Gasteiger charge is 2.04. The predicted molar refractivity (Wildman–Crippen MR) is 109 cm³/mol. The second kappa shape index (κ2) is 6.94. The minimum atomic E-state index is 1.15. The lowest BCUT2D eigenvalue weighted by Gasteiger charge is -2.09. The highest BCUT2D eigenvalue weighted by Crippen LogP contribution is 2.30. The van der Waals surface area contributed by atoms with E-state index in [4.69, 9.17) is 0 Å². The van der Waals surface area contributed by atoms with E-state index in [1.807, 2.05) is 0 Å². The minimum absolute atomic E-state index is 1.15. The molecule has 25 heavy (non-hydrogen) atoms. The average molecular weight is 322 g/mol. The number of fused-ring (bicyclic) bond motifs is 1. The molecule has 0 bridgehead atoms. The van der Waals surface area contributed by atoms with E-state index < -0.39 is 0 Å². The van der Waals surface area contributed by atoms with Gasteiger partial charge in [0, 0.05) is 0 Å². The molecule has 0 aliphatic carbocycles. The largest absolute Gasteiger partial charge is 0.0651 e. The van der Waals surface area contributed by atoms with Crippen molar-refractivity contribution in [3.63, 3.8) is 0 Å². The van der Waals surface area contributed by atoms with Crippen LogP contribution < -0.4 is 0 Å². The first-order valence-electron chi connectivity index (χ1n) is 9.02. The Labute approximate surface area is 149 Å². The summed E-state index contributed by atoms with van der Waals surface area (Å²) in [6.07, 6.45) is 2.35. The van der Waals surface area contributed by atoms with E-state index >= 15 is 0 Å². The maximum Gasteiger partial charge on any atom is -0.0105 e. The van der Waals surface area contributed by atoms with Gasteiger partial charge in [0.25, 0.3) is 0 Å². The summed E-state index contributed by atoms with van der Waals surface area (Å²) in [7, 11) is 0. The van der Waals surface area contributed by atoms with Gasteiger partial charge in [0.1, 0.15) is 0 Å². The van der Waals surface area contributed by atoms with Crippen molar-refractivity contribution in [3.05, 3.63) is 96.6 Å². The molecule has 4 rings (SSSR count). The molecule has 0 atom stereocenters. The molecule has 0 saturated carbocycles. The molecule has 0 amide bonds. The number of hydrogen-bond donors (Lipinski definition) is 0.